The van der Waals surface area contributed by atoms with Gasteiger partial charge in [-0.15, -0.1) is 0 Å². The fourth-order valence-corrected chi connectivity index (χ4v) is 6.74. The van der Waals surface area contributed by atoms with Crippen LogP contribution >= 0.6 is 0 Å². The third-order valence-electron chi connectivity index (χ3n) is 7.12. The molecular formula is C27H27N5O6S. The molecule has 2 aliphatic rings. The predicted octanol–water partition coefficient (Wildman–Crippen LogP) is 1.55. The second kappa shape index (κ2) is 10.6. The van der Waals surface area contributed by atoms with Crippen LogP contribution in [0.2, 0.25) is 0 Å². The number of carbonyl (C=O) groups is 4. The predicted molar refractivity (Wildman–Crippen MR) is 141 cm³/mol. The lowest BCUT2D eigenvalue weighted by molar-refractivity contribution is -0.138. The fourth-order valence-electron chi connectivity index (χ4n) is 5.27. The van der Waals surface area contributed by atoms with Crippen molar-refractivity contribution in [1.29, 1.82) is 0 Å². The first-order valence-corrected chi connectivity index (χ1v) is 14.1. The Balaban J connectivity index is 1.34. The van der Waals surface area contributed by atoms with Gasteiger partial charge in [0, 0.05) is 29.9 Å². The molecule has 0 radical (unpaired) electrons. The highest BCUT2D eigenvalue weighted by Crippen LogP contribution is 2.33. The van der Waals surface area contributed by atoms with Crippen LogP contribution in [-0.4, -0.2) is 81.5 Å². The van der Waals surface area contributed by atoms with Crippen LogP contribution in [0.1, 0.15) is 47.0 Å². The molecule has 3 atom stereocenters. The molecule has 3 unspecified atom stereocenters. The Morgan fingerprint density at radius 2 is 1.87 bits per heavy atom. The van der Waals surface area contributed by atoms with E-state index in [-0.39, 0.29) is 18.7 Å². The van der Waals surface area contributed by atoms with Gasteiger partial charge in [0.25, 0.3) is 15.9 Å². The summed E-state index contributed by atoms with van der Waals surface area (Å²) < 4.78 is 27.2. The monoisotopic (exact) mass is 549 g/mol. The smallest absolute Gasteiger partial charge is 0.310 e. The largest absolute Gasteiger partial charge is 0.340 e. The van der Waals surface area contributed by atoms with E-state index in [0.29, 0.717) is 18.4 Å². The lowest BCUT2D eigenvalue weighted by atomic mass is 10.1. The van der Waals surface area contributed by atoms with Crippen LogP contribution < -0.4 is 5.32 Å². The van der Waals surface area contributed by atoms with Gasteiger partial charge in [0.1, 0.15) is 17.8 Å². The number of carbonyl (C=O) groups excluding carboxylic acids is 4. The van der Waals surface area contributed by atoms with Crippen LogP contribution in [0.3, 0.4) is 0 Å². The Bertz CT molecular complexity index is 1560. The number of nitrogens with one attached hydrogen (secondary N) is 1. The van der Waals surface area contributed by atoms with Gasteiger partial charge in [0.15, 0.2) is 5.78 Å². The van der Waals surface area contributed by atoms with E-state index in [1.165, 1.54) is 23.2 Å². The number of rotatable bonds is 7. The minimum atomic E-state index is -4.53. The van der Waals surface area contributed by atoms with E-state index in [1.807, 2.05) is 13.0 Å². The zero-order valence-electron chi connectivity index (χ0n) is 21.2. The molecule has 0 spiro atoms. The first kappa shape index (κ1) is 26.6. The highest BCUT2D eigenvalue weighted by molar-refractivity contribution is 8.04. The number of hydrogen-bond acceptors (Lipinski definition) is 8. The zero-order valence-corrected chi connectivity index (χ0v) is 22.0. The molecule has 2 saturated heterocycles. The maximum atomic E-state index is 13.6. The average Bonchev–Trinajstić information content (AvgIpc) is 3.53. The Kier molecular flexibility index (Phi) is 7.23. The number of Topliss-reactive ketones (excluding diaryl/α,β-unsaturated/α-hetero) is 1. The fraction of sp³-hybridized carbons (Fsp3) is 0.333. The Labute approximate surface area is 225 Å². The summed E-state index contributed by atoms with van der Waals surface area (Å²) in [5.74, 6) is -1.36. The van der Waals surface area contributed by atoms with E-state index in [1.54, 1.807) is 36.5 Å². The molecule has 2 aliphatic heterocycles. The third-order valence-corrected chi connectivity index (χ3v) is 8.82. The first-order chi connectivity index (χ1) is 18.7. The highest BCUT2D eigenvalue weighted by atomic mass is 32.2. The van der Waals surface area contributed by atoms with Crippen LogP contribution in [0.15, 0.2) is 60.9 Å². The number of hydrogen-bond donors (Lipinski definition) is 1. The number of aromatic nitrogens is 2. The number of pyridine rings is 2. The molecule has 4 heterocycles. The molecule has 5 rings (SSSR count). The Morgan fingerprint density at radius 1 is 1.08 bits per heavy atom. The molecule has 202 valence electrons. The van der Waals surface area contributed by atoms with Crippen LogP contribution in [0.25, 0.3) is 10.9 Å². The first-order valence-electron chi connectivity index (χ1n) is 12.7. The van der Waals surface area contributed by atoms with E-state index >= 15 is 0 Å². The molecule has 2 amide bonds. The van der Waals surface area contributed by atoms with Gasteiger partial charge in [-0.1, -0.05) is 25.5 Å². The van der Waals surface area contributed by atoms with Crippen molar-refractivity contribution < 1.29 is 27.6 Å². The van der Waals surface area contributed by atoms with Crippen molar-refractivity contribution in [2.45, 2.75) is 44.3 Å². The summed E-state index contributed by atoms with van der Waals surface area (Å²) in [5, 5.41) is 2.39. The van der Waals surface area contributed by atoms with Crippen LogP contribution in [-0.2, 0) is 19.6 Å². The molecule has 3 aromatic rings. The van der Waals surface area contributed by atoms with E-state index < -0.39 is 57.4 Å². The Hall–Kier alpha value is -4.03. The maximum absolute atomic E-state index is 13.6. The average molecular weight is 550 g/mol. The summed E-state index contributed by atoms with van der Waals surface area (Å²) in [6, 6.07) is 10.2. The maximum Gasteiger partial charge on any atom is 0.310 e. The summed E-state index contributed by atoms with van der Waals surface area (Å²) in [6.45, 7) is 1.50. The quantitative estimate of drug-likeness (QED) is 0.467. The molecule has 0 saturated carbocycles. The molecule has 11 nitrogen and oxygen atoms in total. The number of ketones is 1. The topological polar surface area (TPSA) is 147 Å². The van der Waals surface area contributed by atoms with Crippen LogP contribution in [0.5, 0.6) is 0 Å². The number of benzene rings is 1. The van der Waals surface area contributed by atoms with Gasteiger partial charge >= 0.3 is 5.12 Å². The van der Waals surface area contributed by atoms with Crippen LogP contribution in [0, 0.1) is 0 Å². The van der Waals surface area contributed by atoms with Gasteiger partial charge in [-0.05, 0) is 49.2 Å². The van der Waals surface area contributed by atoms with E-state index in [0.717, 1.165) is 15.2 Å². The molecule has 2 aromatic heterocycles. The lowest BCUT2D eigenvalue weighted by Crippen LogP contribution is -2.52. The van der Waals surface area contributed by atoms with E-state index in [4.69, 9.17) is 0 Å². The summed E-state index contributed by atoms with van der Waals surface area (Å²) >= 11 is 0. The summed E-state index contributed by atoms with van der Waals surface area (Å²) in [4.78, 5) is 61.9. The van der Waals surface area contributed by atoms with Crippen molar-refractivity contribution in [3.63, 3.8) is 0 Å². The normalized spacial score (nSPS) is 20.1. The number of amides is 2. The number of nitrogens with zero attached hydrogens (tertiary/aromatic N) is 4. The molecule has 39 heavy (non-hydrogen) atoms. The minimum Gasteiger partial charge on any atom is -0.340 e. The SMILES string of the molecule is CCCC(NC(=O)c1ccc2ncccc2c1)C(=O)N1CCC2C1C(=O)CN2S(=O)(=O)C(=O)c1ccccn1. The van der Waals surface area contributed by atoms with Gasteiger partial charge in [0.05, 0.1) is 18.1 Å². The number of sulfonamides is 1. The van der Waals surface area contributed by atoms with E-state index in [2.05, 4.69) is 15.3 Å². The molecule has 1 N–H and O–H groups in total. The Morgan fingerprint density at radius 3 is 2.62 bits per heavy atom. The van der Waals surface area contributed by atoms with Gasteiger partial charge in [0.2, 0.25) is 5.91 Å². The van der Waals surface area contributed by atoms with Gasteiger partial charge in [-0.3, -0.25) is 29.1 Å². The molecule has 2 fully saturated rings. The van der Waals surface area contributed by atoms with Crippen molar-refractivity contribution in [3.8, 4) is 0 Å². The zero-order chi connectivity index (χ0) is 27.7. The summed E-state index contributed by atoms with van der Waals surface area (Å²) in [6.07, 6.45) is 4.09. The van der Waals surface area contributed by atoms with Crippen molar-refractivity contribution in [3.05, 3.63) is 72.2 Å². The summed E-state index contributed by atoms with van der Waals surface area (Å²) in [7, 11) is -4.53. The molecule has 12 heteroatoms. The van der Waals surface area contributed by atoms with Gasteiger partial charge in [-0.25, -0.2) is 8.42 Å². The van der Waals surface area contributed by atoms with Crippen molar-refractivity contribution in [1.82, 2.24) is 24.5 Å². The van der Waals surface area contributed by atoms with E-state index in [9.17, 15) is 27.6 Å². The summed E-state index contributed by atoms with van der Waals surface area (Å²) in [5.41, 5.74) is 0.861. The number of fused-ring (bicyclic) bond motifs is 2. The molecule has 0 bridgehead atoms. The lowest BCUT2D eigenvalue weighted by Gasteiger charge is -2.28. The standard InChI is InChI=1S/C27H27N5O6S/c1-2-6-20(30-25(34)18-9-10-19-17(15-18)7-5-13-28-19)26(35)31-14-11-22-24(31)23(33)16-32(22)39(37,38)27(36)21-8-3-4-12-29-21/h3-5,7-10,12-13,15,20,22,24H,2,6,11,14,16H2,1H3,(H,30,34). The van der Waals surface area contributed by atoms with Crippen LogP contribution in [0.4, 0.5) is 0 Å². The van der Waals surface area contributed by atoms with Crippen molar-refractivity contribution >= 4 is 43.6 Å². The third kappa shape index (κ3) is 4.92. The minimum absolute atomic E-state index is 0.126. The van der Waals surface area contributed by atoms with Crippen molar-refractivity contribution in [2.75, 3.05) is 13.1 Å². The van der Waals surface area contributed by atoms with Gasteiger partial charge < -0.3 is 10.2 Å². The highest BCUT2D eigenvalue weighted by Gasteiger charge is 2.55. The molecule has 0 aliphatic carbocycles. The molecule has 1 aromatic carbocycles. The van der Waals surface area contributed by atoms with Gasteiger partial charge in [-0.2, -0.15) is 4.31 Å². The molecular weight excluding hydrogens is 522 g/mol. The second-order valence-corrected chi connectivity index (χ2v) is 11.4. The second-order valence-electron chi connectivity index (χ2n) is 9.58. The number of likely N-dealkylation sites (tertiary alicyclic amines) is 1. The van der Waals surface area contributed by atoms with Crippen molar-refractivity contribution in [2.24, 2.45) is 0 Å².